The zero-order valence-corrected chi connectivity index (χ0v) is 7.22. The highest BCUT2D eigenvalue weighted by Crippen LogP contribution is 2.20. The Morgan fingerprint density at radius 2 is 2.30 bits per heavy atom. The van der Waals surface area contributed by atoms with Crippen molar-refractivity contribution in [1.29, 1.82) is 0 Å². The van der Waals surface area contributed by atoms with E-state index < -0.39 is 0 Å². The van der Waals surface area contributed by atoms with E-state index in [1.165, 1.54) is 13.0 Å². The van der Waals surface area contributed by atoms with Gasteiger partial charge in [0.2, 0.25) is 0 Å². The summed E-state index contributed by atoms with van der Waals surface area (Å²) in [6, 6.07) is 0.769. The van der Waals surface area contributed by atoms with E-state index in [1.54, 1.807) is 0 Å². The molecule has 0 amide bonds. The van der Waals surface area contributed by atoms with Crippen LogP contribution >= 0.6 is 0 Å². The van der Waals surface area contributed by atoms with Crippen LogP contribution in [0.5, 0.6) is 0 Å². The SMILES string of the molecule is CNCC1C(C)CCN1C. The molecule has 1 fully saturated rings. The molecule has 2 atom stereocenters. The van der Waals surface area contributed by atoms with Gasteiger partial charge in [0.1, 0.15) is 0 Å². The molecule has 0 saturated carbocycles. The molecular weight excluding hydrogens is 124 g/mol. The van der Waals surface area contributed by atoms with Crippen molar-refractivity contribution >= 4 is 0 Å². The van der Waals surface area contributed by atoms with Crippen LogP contribution in [-0.2, 0) is 0 Å². The quantitative estimate of drug-likeness (QED) is 0.605. The highest BCUT2D eigenvalue weighted by Gasteiger charge is 2.26. The second-order valence-corrected chi connectivity index (χ2v) is 3.37. The van der Waals surface area contributed by atoms with Crippen LogP contribution in [0, 0.1) is 5.92 Å². The van der Waals surface area contributed by atoms with Gasteiger partial charge >= 0.3 is 0 Å². The fraction of sp³-hybridized carbons (Fsp3) is 1.00. The highest BCUT2D eigenvalue weighted by molar-refractivity contribution is 4.83. The number of likely N-dealkylation sites (N-methyl/N-ethyl adjacent to an activating group) is 2. The lowest BCUT2D eigenvalue weighted by molar-refractivity contribution is 0.275. The number of hydrogen-bond acceptors (Lipinski definition) is 2. The molecule has 1 aliphatic heterocycles. The third-order valence-corrected chi connectivity index (χ3v) is 2.57. The summed E-state index contributed by atoms with van der Waals surface area (Å²) in [6.45, 7) is 4.75. The van der Waals surface area contributed by atoms with Crippen LogP contribution in [0.1, 0.15) is 13.3 Å². The van der Waals surface area contributed by atoms with Gasteiger partial charge < -0.3 is 10.2 Å². The van der Waals surface area contributed by atoms with Crippen molar-refractivity contribution in [3.63, 3.8) is 0 Å². The number of nitrogens with one attached hydrogen (secondary N) is 1. The summed E-state index contributed by atoms with van der Waals surface area (Å²) in [6.07, 6.45) is 1.36. The van der Waals surface area contributed by atoms with Crippen molar-refractivity contribution in [3.05, 3.63) is 0 Å². The molecule has 1 N–H and O–H groups in total. The first-order chi connectivity index (χ1) is 4.75. The predicted molar refractivity (Wildman–Crippen MR) is 44.1 cm³/mol. The fourth-order valence-electron chi connectivity index (χ4n) is 1.77. The maximum absolute atomic E-state index is 3.23. The molecule has 0 spiro atoms. The summed E-state index contributed by atoms with van der Waals surface area (Å²) in [5.74, 6) is 0.873. The summed E-state index contributed by atoms with van der Waals surface area (Å²) in [5.41, 5.74) is 0. The molecule has 60 valence electrons. The van der Waals surface area contributed by atoms with Crippen LogP contribution in [0.15, 0.2) is 0 Å². The molecule has 10 heavy (non-hydrogen) atoms. The summed E-state index contributed by atoms with van der Waals surface area (Å²) in [7, 11) is 4.24. The average molecular weight is 142 g/mol. The van der Waals surface area contributed by atoms with Crippen LogP contribution in [-0.4, -0.2) is 38.1 Å². The number of likely N-dealkylation sites (tertiary alicyclic amines) is 1. The normalized spacial score (nSPS) is 35.1. The van der Waals surface area contributed by atoms with E-state index in [4.69, 9.17) is 0 Å². The first-order valence-corrected chi connectivity index (χ1v) is 4.10. The standard InChI is InChI=1S/C8H18N2/c1-7-4-5-10(3)8(7)6-9-2/h7-9H,4-6H2,1-3H3. The molecule has 1 saturated heterocycles. The number of rotatable bonds is 2. The van der Waals surface area contributed by atoms with Gasteiger partial charge in [-0.15, -0.1) is 0 Å². The summed E-state index contributed by atoms with van der Waals surface area (Å²) >= 11 is 0. The molecule has 2 heteroatoms. The van der Waals surface area contributed by atoms with Gasteiger partial charge in [0.25, 0.3) is 0 Å². The Bertz CT molecular complexity index is 93.4. The van der Waals surface area contributed by atoms with Crippen LogP contribution in [0.4, 0.5) is 0 Å². The van der Waals surface area contributed by atoms with Crippen LogP contribution in [0.25, 0.3) is 0 Å². The lowest BCUT2D eigenvalue weighted by Crippen LogP contribution is -2.36. The molecule has 1 rings (SSSR count). The van der Waals surface area contributed by atoms with E-state index >= 15 is 0 Å². The molecule has 1 aliphatic rings. The number of nitrogens with zero attached hydrogens (tertiary/aromatic N) is 1. The van der Waals surface area contributed by atoms with Crippen molar-refractivity contribution in [1.82, 2.24) is 10.2 Å². The van der Waals surface area contributed by atoms with Gasteiger partial charge in [-0.05, 0) is 33.0 Å². The topological polar surface area (TPSA) is 15.3 Å². The minimum atomic E-state index is 0.769. The van der Waals surface area contributed by atoms with Crippen LogP contribution in [0.3, 0.4) is 0 Å². The average Bonchev–Trinajstić information content (AvgIpc) is 2.20. The Kier molecular flexibility index (Phi) is 2.69. The maximum atomic E-state index is 3.23. The minimum absolute atomic E-state index is 0.769. The second-order valence-electron chi connectivity index (χ2n) is 3.37. The van der Waals surface area contributed by atoms with E-state index in [2.05, 4.69) is 24.2 Å². The van der Waals surface area contributed by atoms with Gasteiger partial charge in [0.15, 0.2) is 0 Å². The Morgan fingerprint density at radius 1 is 1.60 bits per heavy atom. The molecule has 0 aliphatic carbocycles. The van der Waals surface area contributed by atoms with Crippen molar-refractivity contribution < 1.29 is 0 Å². The molecule has 0 bridgehead atoms. The van der Waals surface area contributed by atoms with Crippen molar-refractivity contribution in [2.45, 2.75) is 19.4 Å². The zero-order valence-electron chi connectivity index (χ0n) is 7.22. The summed E-state index contributed by atoms with van der Waals surface area (Å²) in [5, 5.41) is 3.23. The van der Waals surface area contributed by atoms with Crippen molar-refractivity contribution in [2.24, 2.45) is 5.92 Å². The van der Waals surface area contributed by atoms with Gasteiger partial charge in [-0.3, -0.25) is 0 Å². The number of hydrogen-bond donors (Lipinski definition) is 1. The van der Waals surface area contributed by atoms with Crippen LogP contribution in [0.2, 0.25) is 0 Å². The monoisotopic (exact) mass is 142 g/mol. The van der Waals surface area contributed by atoms with Crippen molar-refractivity contribution in [3.8, 4) is 0 Å². The van der Waals surface area contributed by atoms with Crippen LogP contribution < -0.4 is 5.32 Å². The second kappa shape index (κ2) is 3.35. The molecule has 0 radical (unpaired) electrons. The maximum Gasteiger partial charge on any atom is 0.0243 e. The van der Waals surface area contributed by atoms with E-state index in [-0.39, 0.29) is 0 Å². The Balaban J connectivity index is 2.38. The van der Waals surface area contributed by atoms with Gasteiger partial charge in [0, 0.05) is 12.6 Å². The third-order valence-electron chi connectivity index (χ3n) is 2.57. The van der Waals surface area contributed by atoms with E-state index in [1.807, 2.05) is 7.05 Å². The van der Waals surface area contributed by atoms with E-state index in [9.17, 15) is 0 Å². The summed E-state index contributed by atoms with van der Waals surface area (Å²) < 4.78 is 0. The fourth-order valence-corrected chi connectivity index (χ4v) is 1.77. The zero-order chi connectivity index (χ0) is 7.56. The van der Waals surface area contributed by atoms with Crippen molar-refractivity contribution in [2.75, 3.05) is 27.2 Å². The lowest BCUT2D eigenvalue weighted by Gasteiger charge is -2.22. The van der Waals surface area contributed by atoms with E-state index in [0.717, 1.165) is 18.5 Å². The molecule has 0 aromatic heterocycles. The largest absolute Gasteiger partial charge is 0.318 e. The molecule has 2 nitrogen and oxygen atoms in total. The minimum Gasteiger partial charge on any atom is -0.318 e. The Labute approximate surface area is 63.6 Å². The smallest absolute Gasteiger partial charge is 0.0243 e. The molecule has 0 aromatic carbocycles. The molecule has 0 aromatic rings. The molecule has 2 unspecified atom stereocenters. The van der Waals surface area contributed by atoms with Gasteiger partial charge in [-0.1, -0.05) is 6.92 Å². The van der Waals surface area contributed by atoms with Gasteiger partial charge in [-0.25, -0.2) is 0 Å². The third kappa shape index (κ3) is 1.50. The molecule has 1 heterocycles. The summed E-state index contributed by atoms with van der Waals surface area (Å²) in [4.78, 5) is 2.45. The van der Waals surface area contributed by atoms with Gasteiger partial charge in [-0.2, -0.15) is 0 Å². The lowest BCUT2D eigenvalue weighted by atomic mass is 10.0. The Morgan fingerprint density at radius 3 is 2.70 bits per heavy atom. The molecular formula is C8H18N2. The first-order valence-electron chi connectivity index (χ1n) is 4.10. The first kappa shape index (κ1) is 8.02. The predicted octanol–water partition coefficient (Wildman–Crippen LogP) is 0.546. The van der Waals surface area contributed by atoms with Gasteiger partial charge in [0.05, 0.1) is 0 Å². The highest BCUT2D eigenvalue weighted by atomic mass is 15.2. The Hall–Kier alpha value is -0.0800. The van der Waals surface area contributed by atoms with E-state index in [0.29, 0.717) is 0 Å².